The van der Waals surface area contributed by atoms with Crippen molar-refractivity contribution >= 4 is 65.0 Å². The average molecular weight is 752 g/mol. The van der Waals surface area contributed by atoms with Crippen LogP contribution in [0.25, 0.3) is 121 Å². The van der Waals surface area contributed by atoms with Crippen molar-refractivity contribution in [1.82, 2.24) is 15.0 Å². The van der Waals surface area contributed by atoms with Crippen LogP contribution in [0, 0.1) is 0 Å². The molecule has 0 aliphatic heterocycles. The van der Waals surface area contributed by atoms with Gasteiger partial charge in [0.1, 0.15) is 11.2 Å². The van der Waals surface area contributed by atoms with Crippen molar-refractivity contribution in [2.75, 3.05) is 0 Å². The maximum Gasteiger partial charge on any atom is 0.167 e. The number of benzene rings is 10. The van der Waals surface area contributed by atoms with Gasteiger partial charge in [0, 0.05) is 21.9 Å². The summed E-state index contributed by atoms with van der Waals surface area (Å²) in [6.07, 6.45) is 0. The lowest BCUT2D eigenvalue weighted by atomic mass is 9.91. The predicted octanol–water partition coefficient (Wildman–Crippen LogP) is 14.7. The van der Waals surface area contributed by atoms with Crippen LogP contribution in [0.1, 0.15) is 0 Å². The van der Waals surface area contributed by atoms with E-state index in [0.717, 1.165) is 66.1 Å². The Labute approximate surface area is 339 Å². The van der Waals surface area contributed by atoms with Crippen molar-refractivity contribution in [2.45, 2.75) is 0 Å². The molecule has 0 amide bonds. The fraction of sp³-hybridized carbons (Fsp3) is 0. The van der Waals surface area contributed by atoms with Crippen LogP contribution < -0.4 is 0 Å². The first kappa shape index (κ1) is 33.2. The second kappa shape index (κ2) is 13.3. The normalized spacial score (nSPS) is 11.7. The third-order valence-electron chi connectivity index (χ3n) is 11.7. The molecule has 0 aliphatic carbocycles. The quantitative estimate of drug-likeness (QED) is 0.164. The summed E-state index contributed by atoms with van der Waals surface area (Å²) in [7, 11) is 0. The Kier molecular flexibility index (Phi) is 7.50. The van der Waals surface area contributed by atoms with Crippen molar-refractivity contribution in [3.05, 3.63) is 200 Å². The molecule has 0 fully saturated rings. The minimum atomic E-state index is 0.556. The Hall–Kier alpha value is -7.95. The lowest BCUT2D eigenvalue weighted by Gasteiger charge is -2.13. The Morgan fingerprint density at radius 2 is 0.729 bits per heavy atom. The standard InChI is InChI=1S/C55H33N3O/c1-3-13-36(14-4-1)53-56-54(37-15-5-2-6-16-37)58-55(57-53)50-32-41(31-49-48-30-38-17-7-8-18-39(38)33-51(48)59-52(49)50)35-25-23-34(24-26-35)40-27-28-46-44-21-10-9-19-42(44)43-20-11-12-22-45(43)47(46)29-40/h1-33H. The molecule has 12 rings (SSSR count). The van der Waals surface area contributed by atoms with Gasteiger partial charge in [-0.25, -0.2) is 15.0 Å². The van der Waals surface area contributed by atoms with E-state index >= 15 is 0 Å². The van der Waals surface area contributed by atoms with Gasteiger partial charge in [0.15, 0.2) is 17.5 Å². The van der Waals surface area contributed by atoms with Crippen LogP contribution in [-0.4, -0.2) is 15.0 Å². The van der Waals surface area contributed by atoms with E-state index in [9.17, 15) is 0 Å². The highest BCUT2D eigenvalue weighted by atomic mass is 16.3. The van der Waals surface area contributed by atoms with Gasteiger partial charge in [-0.05, 0) is 95.7 Å². The first-order chi connectivity index (χ1) is 29.2. The number of hydrogen-bond donors (Lipinski definition) is 0. The molecule has 0 unspecified atom stereocenters. The number of aromatic nitrogens is 3. The fourth-order valence-corrected chi connectivity index (χ4v) is 8.77. The number of hydrogen-bond acceptors (Lipinski definition) is 4. The molecule has 0 N–H and O–H groups in total. The van der Waals surface area contributed by atoms with Gasteiger partial charge in [0.2, 0.25) is 0 Å². The summed E-state index contributed by atoms with van der Waals surface area (Å²) >= 11 is 0. The molecule has 0 atom stereocenters. The average Bonchev–Trinajstić information content (AvgIpc) is 3.68. The molecule has 2 aromatic heterocycles. The molecule has 0 saturated heterocycles. The van der Waals surface area contributed by atoms with Gasteiger partial charge in [-0.3, -0.25) is 0 Å². The summed E-state index contributed by atoms with van der Waals surface area (Å²) in [5.41, 5.74) is 8.70. The van der Waals surface area contributed by atoms with Crippen molar-refractivity contribution in [2.24, 2.45) is 0 Å². The van der Waals surface area contributed by atoms with Gasteiger partial charge in [0.05, 0.1) is 5.56 Å². The number of furan rings is 1. The first-order valence-electron chi connectivity index (χ1n) is 19.9. The fourth-order valence-electron chi connectivity index (χ4n) is 8.77. The molecule has 4 heteroatoms. The highest BCUT2D eigenvalue weighted by Gasteiger charge is 2.20. The van der Waals surface area contributed by atoms with E-state index in [2.05, 4.69) is 140 Å². The summed E-state index contributed by atoms with van der Waals surface area (Å²) < 4.78 is 6.80. The van der Waals surface area contributed by atoms with E-state index < -0.39 is 0 Å². The van der Waals surface area contributed by atoms with Crippen LogP contribution >= 0.6 is 0 Å². The van der Waals surface area contributed by atoms with Crippen molar-refractivity contribution in [3.63, 3.8) is 0 Å². The van der Waals surface area contributed by atoms with E-state index in [1.165, 1.54) is 37.9 Å². The summed E-state index contributed by atoms with van der Waals surface area (Å²) in [6.45, 7) is 0. The Balaban J connectivity index is 1.04. The predicted molar refractivity (Wildman–Crippen MR) is 244 cm³/mol. The number of rotatable bonds is 5. The largest absolute Gasteiger partial charge is 0.455 e. The Morgan fingerprint density at radius 3 is 1.34 bits per heavy atom. The minimum Gasteiger partial charge on any atom is -0.455 e. The molecule has 0 radical (unpaired) electrons. The smallest absolute Gasteiger partial charge is 0.167 e. The molecule has 0 aliphatic rings. The molecule has 274 valence electrons. The van der Waals surface area contributed by atoms with Crippen LogP contribution in [0.5, 0.6) is 0 Å². The van der Waals surface area contributed by atoms with Gasteiger partial charge >= 0.3 is 0 Å². The second-order valence-electron chi connectivity index (χ2n) is 15.2. The molecule has 12 aromatic rings. The summed E-state index contributed by atoms with van der Waals surface area (Å²) in [5, 5.41) is 12.0. The van der Waals surface area contributed by atoms with Crippen LogP contribution in [0.3, 0.4) is 0 Å². The summed E-state index contributed by atoms with van der Waals surface area (Å²) in [5.74, 6) is 1.77. The first-order valence-corrected chi connectivity index (χ1v) is 19.9. The Morgan fingerprint density at radius 1 is 0.271 bits per heavy atom. The highest BCUT2D eigenvalue weighted by Crippen LogP contribution is 2.42. The van der Waals surface area contributed by atoms with Gasteiger partial charge in [-0.1, -0.05) is 170 Å². The van der Waals surface area contributed by atoms with Crippen LogP contribution in [0.4, 0.5) is 0 Å². The van der Waals surface area contributed by atoms with Crippen molar-refractivity contribution in [1.29, 1.82) is 0 Å². The number of nitrogens with zero attached hydrogens (tertiary/aromatic N) is 3. The van der Waals surface area contributed by atoms with Crippen LogP contribution in [0.2, 0.25) is 0 Å². The molecular formula is C55H33N3O. The summed E-state index contributed by atoms with van der Waals surface area (Å²) in [4.78, 5) is 15.3. The molecule has 59 heavy (non-hydrogen) atoms. The lowest BCUT2D eigenvalue weighted by Crippen LogP contribution is -2.00. The third kappa shape index (κ3) is 5.57. The van der Waals surface area contributed by atoms with E-state index in [0.29, 0.717) is 17.5 Å². The van der Waals surface area contributed by atoms with Gasteiger partial charge in [-0.2, -0.15) is 0 Å². The molecule has 10 aromatic carbocycles. The zero-order valence-electron chi connectivity index (χ0n) is 31.8. The second-order valence-corrected chi connectivity index (χ2v) is 15.2. The summed E-state index contributed by atoms with van der Waals surface area (Å²) in [6, 6.07) is 70.6. The SMILES string of the molecule is c1ccc(-c2nc(-c3ccccc3)nc(-c3cc(-c4ccc(-c5ccc6c7ccccc7c7ccccc7c6c5)cc4)cc4c3oc3cc5ccccc5cc34)n2)cc1. The highest BCUT2D eigenvalue weighted by molar-refractivity contribution is 6.25. The molecule has 0 saturated carbocycles. The van der Waals surface area contributed by atoms with E-state index in [4.69, 9.17) is 19.4 Å². The topological polar surface area (TPSA) is 51.8 Å². The van der Waals surface area contributed by atoms with Crippen LogP contribution in [-0.2, 0) is 0 Å². The minimum absolute atomic E-state index is 0.556. The van der Waals surface area contributed by atoms with Crippen molar-refractivity contribution in [3.8, 4) is 56.4 Å². The van der Waals surface area contributed by atoms with E-state index in [1.807, 2.05) is 60.7 Å². The monoisotopic (exact) mass is 751 g/mol. The molecule has 0 spiro atoms. The van der Waals surface area contributed by atoms with Crippen LogP contribution in [0.15, 0.2) is 205 Å². The van der Waals surface area contributed by atoms with Crippen molar-refractivity contribution < 1.29 is 4.42 Å². The van der Waals surface area contributed by atoms with Gasteiger partial charge in [-0.15, -0.1) is 0 Å². The zero-order valence-corrected chi connectivity index (χ0v) is 31.8. The molecule has 4 nitrogen and oxygen atoms in total. The molecule has 2 heterocycles. The molecule has 0 bridgehead atoms. The van der Waals surface area contributed by atoms with E-state index in [1.54, 1.807) is 0 Å². The maximum atomic E-state index is 6.80. The number of fused-ring (bicyclic) bond motifs is 10. The van der Waals surface area contributed by atoms with Gasteiger partial charge < -0.3 is 4.42 Å². The Bertz CT molecular complexity index is 3500. The van der Waals surface area contributed by atoms with Gasteiger partial charge in [0.25, 0.3) is 0 Å². The van der Waals surface area contributed by atoms with E-state index in [-0.39, 0.29) is 0 Å². The zero-order chi connectivity index (χ0) is 38.9. The molecular weight excluding hydrogens is 719 g/mol. The lowest BCUT2D eigenvalue weighted by molar-refractivity contribution is 0.670. The maximum absolute atomic E-state index is 6.80. The third-order valence-corrected chi connectivity index (χ3v) is 11.7.